The molecule has 1 aliphatic carbocycles. The number of carboxylic acid groups (broad SMARTS) is 1. The minimum absolute atomic E-state index is 0.0722. The molecule has 1 aromatic heterocycles. The van der Waals surface area contributed by atoms with Crippen LogP contribution in [-0.2, 0) is 6.54 Å². The molecule has 0 spiro atoms. The highest BCUT2D eigenvalue weighted by Gasteiger charge is 2.27. The van der Waals surface area contributed by atoms with Gasteiger partial charge in [-0.05, 0) is 30.9 Å². The molecule has 5 heteroatoms. The number of hydrogen-bond acceptors (Lipinski definition) is 2. The maximum atomic E-state index is 13.7. The van der Waals surface area contributed by atoms with Crippen molar-refractivity contribution >= 4 is 17.0 Å². The minimum Gasteiger partial charge on any atom is -0.475 e. The number of carbonyl (C=O) groups is 1. The molecule has 1 saturated carbocycles. The summed E-state index contributed by atoms with van der Waals surface area (Å²) in [5.74, 6) is -1.13. The summed E-state index contributed by atoms with van der Waals surface area (Å²) in [7, 11) is 0. The van der Waals surface area contributed by atoms with Gasteiger partial charge in [-0.1, -0.05) is 6.07 Å². The molecule has 1 heterocycles. The van der Waals surface area contributed by atoms with Gasteiger partial charge in [-0.25, -0.2) is 14.2 Å². The van der Waals surface area contributed by atoms with Crippen LogP contribution >= 0.6 is 0 Å². The van der Waals surface area contributed by atoms with Crippen molar-refractivity contribution in [3.8, 4) is 0 Å². The van der Waals surface area contributed by atoms with E-state index in [1.54, 1.807) is 6.07 Å². The first-order chi connectivity index (χ1) is 8.16. The topological polar surface area (TPSA) is 55.1 Å². The molecule has 1 fully saturated rings. The highest BCUT2D eigenvalue weighted by Crippen LogP contribution is 2.33. The van der Waals surface area contributed by atoms with Crippen molar-refractivity contribution in [3.63, 3.8) is 0 Å². The molecule has 0 saturated heterocycles. The number of aromatic nitrogens is 2. The summed E-state index contributed by atoms with van der Waals surface area (Å²) in [6.45, 7) is 0.541. The second-order valence-electron chi connectivity index (χ2n) is 4.40. The van der Waals surface area contributed by atoms with Gasteiger partial charge >= 0.3 is 5.97 Å². The van der Waals surface area contributed by atoms with Crippen LogP contribution in [0.25, 0.3) is 11.0 Å². The Bertz CT molecular complexity index is 602. The summed E-state index contributed by atoms with van der Waals surface area (Å²) in [5, 5.41) is 9.09. The van der Waals surface area contributed by atoms with E-state index in [9.17, 15) is 9.18 Å². The fourth-order valence-electron chi connectivity index (χ4n) is 2.04. The number of rotatable bonds is 3. The van der Waals surface area contributed by atoms with Crippen LogP contribution in [0.15, 0.2) is 18.2 Å². The quantitative estimate of drug-likeness (QED) is 0.886. The minimum atomic E-state index is -1.11. The van der Waals surface area contributed by atoms with Crippen molar-refractivity contribution in [1.82, 2.24) is 9.55 Å². The molecule has 3 rings (SSSR count). The third-order valence-electron chi connectivity index (χ3n) is 3.05. The van der Waals surface area contributed by atoms with E-state index in [0.717, 1.165) is 12.8 Å². The van der Waals surface area contributed by atoms with E-state index in [1.165, 1.54) is 16.7 Å². The second-order valence-corrected chi connectivity index (χ2v) is 4.40. The number of benzene rings is 1. The van der Waals surface area contributed by atoms with E-state index in [0.29, 0.717) is 23.5 Å². The Hall–Kier alpha value is -1.91. The molecule has 4 nitrogen and oxygen atoms in total. The number of halogens is 1. The van der Waals surface area contributed by atoms with Gasteiger partial charge in [-0.15, -0.1) is 0 Å². The molecule has 1 N–H and O–H groups in total. The first-order valence-electron chi connectivity index (χ1n) is 5.55. The number of para-hydroxylation sites is 1. The first-order valence-corrected chi connectivity index (χ1v) is 5.55. The van der Waals surface area contributed by atoms with Gasteiger partial charge in [0.2, 0.25) is 5.82 Å². The molecular formula is C12H11FN2O2. The third kappa shape index (κ3) is 1.67. The van der Waals surface area contributed by atoms with Crippen molar-refractivity contribution in [2.24, 2.45) is 5.92 Å². The Morgan fingerprint density at radius 2 is 2.29 bits per heavy atom. The molecule has 17 heavy (non-hydrogen) atoms. The zero-order valence-electron chi connectivity index (χ0n) is 9.06. The van der Waals surface area contributed by atoms with Crippen LogP contribution in [0.4, 0.5) is 4.39 Å². The third-order valence-corrected chi connectivity index (χ3v) is 3.05. The van der Waals surface area contributed by atoms with Gasteiger partial charge in [-0.3, -0.25) is 0 Å². The van der Waals surface area contributed by atoms with Gasteiger partial charge in [0.05, 0.1) is 5.52 Å². The van der Waals surface area contributed by atoms with Gasteiger partial charge < -0.3 is 9.67 Å². The van der Waals surface area contributed by atoms with Crippen LogP contribution in [-0.4, -0.2) is 20.6 Å². The molecule has 0 bridgehead atoms. The normalized spacial score (nSPS) is 15.4. The Balaban J connectivity index is 2.24. The van der Waals surface area contributed by atoms with Crippen LogP contribution in [0.2, 0.25) is 0 Å². The predicted octanol–water partition coefficient (Wildman–Crippen LogP) is 2.28. The van der Waals surface area contributed by atoms with Gasteiger partial charge in [0, 0.05) is 6.54 Å². The Kier molecular flexibility index (Phi) is 2.14. The standard InChI is InChI=1S/C12H11FN2O2/c13-8-2-1-3-9-10(8)15(6-7-4-5-7)11(14-9)12(16)17/h1-3,7H,4-6H2,(H,16,17). The average molecular weight is 234 g/mol. The van der Waals surface area contributed by atoms with Crippen LogP contribution in [0.3, 0.4) is 0 Å². The van der Waals surface area contributed by atoms with Crippen molar-refractivity contribution < 1.29 is 14.3 Å². The van der Waals surface area contributed by atoms with Crippen LogP contribution < -0.4 is 0 Å². The molecule has 1 aliphatic rings. The molecule has 1 aromatic carbocycles. The zero-order valence-corrected chi connectivity index (χ0v) is 9.06. The largest absolute Gasteiger partial charge is 0.475 e. The van der Waals surface area contributed by atoms with Gasteiger partial charge in [0.25, 0.3) is 0 Å². The number of imidazole rings is 1. The lowest BCUT2D eigenvalue weighted by Gasteiger charge is -2.05. The Morgan fingerprint density at radius 1 is 1.53 bits per heavy atom. The van der Waals surface area contributed by atoms with Crippen molar-refractivity contribution in [3.05, 3.63) is 29.8 Å². The molecule has 0 aliphatic heterocycles. The SMILES string of the molecule is O=C(O)c1nc2cccc(F)c2n1CC1CC1. The second kappa shape index (κ2) is 3.55. The van der Waals surface area contributed by atoms with E-state index < -0.39 is 11.8 Å². The van der Waals surface area contributed by atoms with Crippen LogP contribution in [0.1, 0.15) is 23.5 Å². The van der Waals surface area contributed by atoms with E-state index in [2.05, 4.69) is 4.98 Å². The van der Waals surface area contributed by atoms with Crippen molar-refractivity contribution in [2.75, 3.05) is 0 Å². The lowest BCUT2D eigenvalue weighted by atomic mass is 10.3. The summed E-state index contributed by atoms with van der Waals surface area (Å²) in [6, 6.07) is 4.51. The number of hydrogen-bond donors (Lipinski definition) is 1. The van der Waals surface area contributed by atoms with Crippen molar-refractivity contribution in [2.45, 2.75) is 19.4 Å². The van der Waals surface area contributed by atoms with Gasteiger partial charge in [0.15, 0.2) is 0 Å². The number of fused-ring (bicyclic) bond motifs is 1. The summed E-state index contributed by atoms with van der Waals surface area (Å²) in [5.41, 5.74) is 0.708. The van der Waals surface area contributed by atoms with E-state index >= 15 is 0 Å². The summed E-state index contributed by atoms with van der Waals surface area (Å²) in [6.07, 6.45) is 2.15. The van der Waals surface area contributed by atoms with Gasteiger partial charge in [0.1, 0.15) is 11.3 Å². The fraction of sp³-hybridized carbons (Fsp3) is 0.333. The Morgan fingerprint density at radius 3 is 2.94 bits per heavy atom. The lowest BCUT2D eigenvalue weighted by molar-refractivity contribution is 0.0678. The lowest BCUT2D eigenvalue weighted by Crippen LogP contribution is -2.11. The fourth-order valence-corrected chi connectivity index (χ4v) is 2.04. The van der Waals surface area contributed by atoms with E-state index in [1.807, 2.05) is 0 Å². The summed E-state index contributed by atoms with van der Waals surface area (Å²) < 4.78 is 15.2. The molecule has 0 radical (unpaired) electrons. The van der Waals surface area contributed by atoms with E-state index in [4.69, 9.17) is 5.11 Å². The number of aromatic carboxylic acids is 1. The molecule has 2 aromatic rings. The van der Waals surface area contributed by atoms with Crippen molar-refractivity contribution in [1.29, 1.82) is 0 Å². The molecular weight excluding hydrogens is 223 g/mol. The average Bonchev–Trinajstić information content (AvgIpc) is 2.99. The summed E-state index contributed by atoms with van der Waals surface area (Å²) >= 11 is 0. The first kappa shape index (κ1) is 10.3. The smallest absolute Gasteiger partial charge is 0.372 e. The van der Waals surface area contributed by atoms with Crippen LogP contribution in [0, 0.1) is 11.7 Å². The maximum absolute atomic E-state index is 13.7. The molecule has 88 valence electrons. The molecule has 0 unspecified atom stereocenters. The molecule has 0 atom stereocenters. The monoisotopic (exact) mass is 234 g/mol. The van der Waals surface area contributed by atoms with Crippen LogP contribution in [0.5, 0.6) is 0 Å². The van der Waals surface area contributed by atoms with Gasteiger partial charge in [-0.2, -0.15) is 0 Å². The number of nitrogens with zero attached hydrogens (tertiary/aromatic N) is 2. The highest BCUT2D eigenvalue weighted by atomic mass is 19.1. The highest BCUT2D eigenvalue weighted by molar-refractivity contribution is 5.90. The zero-order chi connectivity index (χ0) is 12.0. The predicted molar refractivity (Wildman–Crippen MR) is 59.4 cm³/mol. The molecule has 0 amide bonds. The maximum Gasteiger partial charge on any atom is 0.372 e. The number of carboxylic acids is 1. The summed E-state index contributed by atoms with van der Waals surface area (Å²) in [4.78, 5) is 15.1. The van der Waals surface area contributed by atoms with E-state index in [-0.39, 0.29) is 5.82 Å². The Labute approximate surface area is 96.7 Å².